The van der Waals surface area contributed by atoms with Crippen LogP contribution in [0.25, 0.3) is 0 Å². The van der Waals surface area contributed by atoms with Gasteiger partial charge in [0.05, 0.1) is 12.8 Å². The van der Waals surface area contributed by atoms with Gasteiger partial charge in [-0.25, -0.2) is 0 Å². The molecule has 7 heteroatoms. The first-order valence-electron chi connectivity index (χ1n) is 9.52. The molecule has 2 rings (SSSR count). The van der Waals surface area contributed by atoms with Gasteiger partial charge in [-0.15, -0.1) is 11.3 Å². The number of rotatable bonds is 13. The zero-order valence-electron chi connectivity index (χ0n) is 16.4. The van der Waals surface area contributed by atoms with Crippen LogP contribution in [-0.4, -0.2) is 64.3 Å². The molecular weight excluding hydrogens is 360 g/mol. The molecule has 0 fully saturated rings. The molecule has 2 aromatic heterocycles. The molecule has 0 unspecified atom stereocenters. The van der Waals surface area contributed by atoms with Gasteiger partial charge < -0.3 is 24.7 Å². The predicted molar refractivity (Wildman–Crippen MR) is 113 cm³/mol. The van der Waals surface area contributed by atoms with E-state index in [1.807, 2.05) is 12.1 Å². The normalized spacial score (nSPS) is 11.9. The first kappa shape index (κ1) is 21.5. The first-order valence-corrected chi connectivity index (χ1v) is 10.4. The summed E-state index contributed by atoms with van der Waals surface area (Å²) < 4.78 is 10.5. The maximum Gasteiger partial charge on any atom is 0.191 e. The molecule has 2 heterocycles. The monoisotopic (exact) mass is 392 g/mol. The molecule has 0 radical (unpaired) electrons. The molecule has 0 aliphatic heterocycles. The van der Waals surface area contributed by atoms with Gasteiger partial charge in [-0.3, -0.25) is 4.99 Å². The van der Waals surface area contributed by atoms with E-state index in [0.717, 1.165) is 70.3 Å². The number of ether oxygens (including phenoxy) is 1. The van der Waals surface area contributed by atoms with Crippen molar-refractivity contribution in [2.24, 2.45) is 4.99 Å². The van der Waals surface area contributed by atoms with E-state index in [9.17, 15) is 0 Å². The fraction of sp³-hybridized carbons (Fsp3) is 0.550. The second kappa shape index (κ2) is 13.4. The molecule has 150 valence electrons. The maximum atomic E-state index is 5.39. The van der Waals surface area contributed by atoms with E-state index in [0.29, 0.717) is 0 Å². The Bertz CT molecular complexity index is 572. The number of methoxy groups -OCH3 is 1. The van der Waals surface area contributed by atoms with Crippen LogP contribution >= 0.6 is 11.3 Å². The molecule has 0 aromatic carbocycles. The van der Waals surface area contributed by atoms with Gasteiger partial charge in [-0.1, -0.05) is 6.07 Å². The third-order valence-corrected chi connectivity index (χ3v) is 5.06. The number of aliphatic imine (C=N–C) groups is 1. The molecule has 0 atom stereocenters. The summed E-state index contributed by atoms with van der Waals surface area (Å²) in [6.07, 6.45) is 4.61. The highest BCUT2D eigenvalue weighted by molar-refractivity contribution is 7.09. The van der Waals surface area contributed by atoms with Crippen molar-refractivity contribution in [2.45, 2.75) is 19.3 Å². The Morgan fingerprint density at radius 3 is 2.74 bits per heavy atom. The van der Waals surface area contributed by atoms with Crippen molar-refractivity contribution in [3.8, 4) is 0 Å². The van der Waals surface area contributed by atoms with Crippen LogP contribution in [0.1, 0.15) is 17.1 Å². The molecule has 0 bridgehead atoms. The van der Waals surface area contributed by atoms with E-state index < -0.39 is 0 Å². The zero-order valence-corrected chi connectivity index (χ0v) is 17.3. The van der Waals surface area contributed by atoms with Crippen LogP contribution < -0.4 is 10.6 Å². The van der Waals surface area contributed by atoms with Crippen molar-refractivity contribution in [1.29, 1.82) is 0 Å². The van der Waals surface area contributed by atoms with Crippen molar-refractivity contribution >= 4 is 17.3 Å². The highest BCUT2D eigenvalue weighted by Crippen LogP contribution is 2.08. The minimum absolute atomic E-state index is 0.762. The second-order valence-electron chi connectivity index (χ2n) is 6.39. The Morgan fingerprint density at radius 2 is 2.04 bits per heavy atom. The van der Waals surface area contributed by atoms with Gasteiger partial charge in [0.25, 0.3) is 0 Å². The van der Waals surface area contributed by atoms with E-state index in [4.69, 9.17) is 14.1 Å². The topological polar surface area (TPSA) is 62.0 Å². The third-order valence-electron chi connectivity index (χ3n) is 4.13. The fourth-order valence-electron chi connectivity index (χ4n) is 2.62. The summed E-state index contributed by atoms with van der Waals surface area (Å²) in [5.74, 6) is 1.85. The molecule has 0 aliphatic carbocycles. The molecule has 0 aliphatic rings. The van der Waals surface area contributed by atoms with Crippen LogP contribution in [-0.2, 0) is 17.6 Å². The van der Waals surface area contributed by atoms with Crippen LogP contribution in [0.5, 0.6) is 0 Å². The summed E-state index contributed by atoms with van der Waals surface area (Å²) in [7, 11) is 3.87. The van der Waals surface area contributed by atoms with E-state index in [-0.39, 0.29) is 0 Å². The van der Waals surface area contributed by atoms with Gasteiger partial charge in [0.15, 0.2) is 5.96 Å². The molecule has 2 aromatic rings. The van der Waals surface area contributed by atoms with Gasteiger partial charge in [-0.05, 0) is 43.5 Å². The van der Waals surface area contributed by atoms with Gasteiger partial charge in [0.2, 0.25) is 0 Å². The molecule has 27 heavy (non-hydrogen) atoms. The number of nitrogens with one attached hydrogen (secondary N) is 2. The van der Waals surface area contributed by atoms with Crippen molar-refractivity contribution in [1.82, 2.24) is 15.5 Å². The van der Waals surface area contributed by atoms with Gasteiger partial charge in [0, 0.05) is 51.2 Å². The van der Waals surface area contributed by atoms with Crippen LogP contribution in [0.4, 0.5) is 0 Å². The van der Waals surface area contributed by atoms with Crippen LogP contribution in [0.15, 0.2) is 45.3 Å². The van der Waals surface area contributed by atoms with E-state index in [2.05, 4.69) is 40.1 Å². The van der Waals surface area contributed by atoms with Crippen LogP contribution in [0, 0.1) is 0 Å². The Morgan fingerprint density at radius 1 is 1.19 bits per heavy atom. The smallest absolute Gasteiger partial charge is 0.191 e. The standard InChI is InChI=1S/C20H32N4O2S/c1-24(13-5-15-25-2)14-12-23-20(21-10-8-18-6-3-16-26-18)22-11-9-19-7-4-17-27-19/h3-4,6-7,16-17H,5,8-15H2,1-2H3,(H2,21,22,23). The number of nitrogens with zero attached hydrogens (tertiary/aromatic N) is 2. The average molecular weight is 393 g/mol. The Kier molecular flexibility index (Phi) is 10.6. The Hall–Kier alpha value is -1.83. The third kappa shape index (κ3) is 9.60. The maximum absolute atomic E-state index is 5.39. The molecule has 2 N–H and O–H groups in total. The lowest BCUT2D eigenvalue weighted by atomic mass is 10.3. The van der Waals surface area contributed by atoms with Crippen LogP contribution in [0.3, 0.4) is 0 Å². The Balaban J connectivity index is 1.73. The molecular formula is C20H32N4O2S. The highest BCUT2D eigenvalue weighted by Gasteiger charge is 2.02. The van der Waals surface area contributed by atoms with Crippen molar-refractivity contribution in [3.05, 3.63) is 46.5 Å². The quantitative estimate of drug-likeness (QED) is 0.312. The van der Waals surface area contributed by atoms with Crippen molar-refractivity contribution in [2.75, 3.05) is 53.5 Å². The average Bonchev–Trinajstić information content (AvgIpc) is 3.35. The lowest BCUT2D eigenvalue weighted by molar-refractivity contribution is 0.180. The van der Waals surface area contributed by atoms with Crippen molar-refractivity contribution < 1.29 is 9.15 Å². The number of likely N-dealkylation sites (N-methyl/N-ethyl adjacent to an activating group) is 1. The summed E-state index contributed by atoms with van der Waals surface area (Å²) in [5.41, 5.74) is 0. The molecule has 0 saturated carbocycles. The van der Waals surface area contributed by atoms with E-state index >= 15 is 0 Å². The summed E-state index contributed by atoms with van der Waals surface area (Å²) in [6.45, 7) is 5.19. The molecule has 0 amide bonds. The highest BCUT2D eigenvalue weighted by atomic mass is 32.1. The summed E-state index contributed by atoms with van der Waals surface area (Å²) in [5, 5.41) is 8.96. The van der Waals surface area contributed by atoms with Gasteiger partial charge >= 0.3 is 0 Å². The second-order valence-corrected chi connectivity index (χ2v) is 7.42. The van der Waals surface area contributed by atoms with E-state index in [1.165, 1.54) is 4.88 Å². The summed E-state index contributed by atoms with van der Waals surface area (Å²) >= 11 is 1.79. The number of hydrogen-bond acceptors (Lipinski definition) is 5. The van der Waals surface area contributed by atoms with E-state index in [1.54, 1.807) is 24.7 Å². The van der Waals surface area contributed by atoms with Crippen molar-refractivity contribution in [3.63, 3.8) is 0 Å². The first-order chi connectivity index (χ1) is 13.3. The predicted octanol–water partition coefficient (Wildman–Crippen LogP) is 2.63. The van der Waals surface area contributed by atoms with Crippen LogP contribution in [0.2, 0.25) is 0 Å². The Labute approximate surface area is 166 Å². The number of thiophene rings is 1. The summed E-state index contributed by atoms with van der Waals surface area (Å²) in [4.78, 5) is 8.39. The SMILES string of the molecule is COCCCN(C)CCN=C(NCCc1ccco1)NCCc1cccs1. The zero-order chi connectivity index (χ0) is 19.2. The van der Waals surface area contributed by atoms with Gasteiger partial charge in [-0.2, -0.15) is 0 Å². The molecule has 0 spiro atoms. The lowest BCUT2D eigenvalue weighted by Crippen LogP contribution is -2.40. The molecule has 6 nitrogen and oxygen atoms in total. The fourth-order valence-corrected chi connectivity index (χ4v) is 3.32. The number of furan rings is 1. The number of guanidine groups is 1. The van der Waals surface area contributed by atoms with Gasteiger partial charge in [0.1, 0.15) is 5.76 Å². The minimum Gasteiger partial charge on any atom is -0.469 e. The molecule has 0 saturated heterocycles. The largest absolute Gasteiger partial charge is 0.469 e. The lowest BCUT2D eigenvalue weighted by Gasteiger charge is -2.16. The minimum atomic E-state index is 0.762. The summed E-state index contributed by atoms with van der Waals surface area (Å²) in [6, 6.07) is 8.18. The number of hydrogen-bond donors (Lipinski definition) is 2.